The van der Waals surface area contributed by atoms with Crippen LogP contribution in [0, 0.1) is 5.92 Å². The number of nitrogens with one attached hydrogen (secondary N) is 2. The minimum atomic E-state index is 0. The van der Waals surface area contributed by atoms with Crippen molar-refractivity contribution in [2.75, 3.05) is 31.6 Å². The average molecular weight is 253 g/mol. The molecule has 0 spiro atoms. The zero-order valence-electron chi connectivity index (χ0n) is 9.25. The second-order valence-electron chi connectivity index (χ2n) is 3.71. The molecule has 0 saturated carbocycles. The van der Waals surface area contributed by atoms with Gasteiger partial charge in [0.2, 0.25) is 5.91 Å². The van der Waals surface area contributed by atoms with E-state index in [4.69, 9.17) is 0 Å². The number of thioether (sulfide) groups is 1. The summed E-state index contributed by atoms with van der Waals surface area (Å²) in [5, 5.41) is 5.97. The Hall–Kier alpha value is 0.0700. The highest BCUT2D eigenvalue weighted by atomic mass is 35.5. The molecule has 1 rings (SSSR count). The number of rotatable bonds is 5. The van der Waals surface area contributed by atoms with Gasteiger partial charge in [0.25, 0.3) is 0 Å². The molecule has 0 aromatic heterocycles. The second-order valence-corrected chi connectivity index (χ2v) is 4.94. The lowest BCUT2D eigenvalue weighted by atomic mass is 10.0. The van der Waals surface area contributed by atoms with E-state index < -0.39 is 0 Å². The Labute approximate surface area is 103 Å². The normalized spacial score (nSPS) is 16.9. The standard InChI is InChI=1S/C10H20N2OS.ClH/c1-11-5-2-10(13)12-8-9-3-6-14-7-4-9;/h9,11H,2-8H2,1H3,(H,12,13);1H. The Balaban J connectivity index is 0.00000196. The van der Waals surface area contributed by atoms with Crippen molar-refractivity contribution in [3.63, 3.8) is 0 Å². The third-order valence-electron chi connectivity index (χ3n) is 2.53. The molecule has 0 aromatic rings. The lowest BCUT2D eigenvalue weighted by Crippen LogP contribution is -2.32. The lowest BCUT2D eigenvalue weighted by Gasteiger charge is -2.21. The van der Waals surface area contributed by atoms with E-state index in [0.717, 1.165) is 19.0 Å². The number of carbonyl (C=O) groups is 1. The summed E-state index contributed by atoms with van der Waals surface area (Å²) in [7, 11) is 1.87. The van der Waals surface area contributed by atoms with Gasteiger partial charge in [0.1, 0.15) is 0 Å². The van der Waals surface area contributed by atoms with Crippen LogP contribution < -0.4 is 10.6 Å². The molecule has 0 radical (unpaired) electrons. The van der Waals surface area contributed by atoms with Crippen molar-refractivity contribution < 1.29 is 4.79 Å². The molecule has 0 aromatic carbocycles. The molecule has 5 heteroatoms. The van der Waals surface area contributed by atoms with Gasteiger partial charge in [0.05, 0.1) is 0 Å². The van der Waals surface area contributed by atoms with Crippen molar-refractivity contribution in [3.05, 3.63) is 0 Å². The molecule has 0 aliphatic carbocycles. The average Bonchev–Trinajstić information content (AvgIpc) is 2.25. The molecule has 90 valence electrons. The number of halogens is 1. The van der Waals surface area contributed by atoms with Crippen molar-refractivity contribution in [3.8, 4) is 0 Å². The van der Waals surface area contributed by atoms with Gasteiger partial charge in [-0.05, 0) is 37.3 Å². The zero-order valence-corrected chi connectivity index (χ0v) is 10.9. The quantitative estimate of drug-likeness (QED) is 0.775. The van der Waals surface area contributed by atoms with Crippen LogP contribution in [0.2, 0.25) is 0 Å². The summed E-state index contributed by atoms with van der Waals surface area (Å²) >= 11 is 2.02. The fourth-order valence-electron chi connectivity index (χ4n) is 1.54. The minimum absolute atomic E-state index is 0. The summed E-state index contributed by atoms with van der Waals surface area (Å²) in [6.07, 6.45) is 3.12. The first kappa shape index (κ1) is 15.1. The maximum Gasteiger partial charge on any atom is 0.221 e. The maximum absolute atomic E-state index is 11.3. The first-order valence-corrected chi connectivity index (χ1v) is 6.47. The predicted octanol–water partition coefficient (Wildman–Crippen LogP) is 1.28. The Morgan fingerprint density at radius 3 is 2.67 bits per heavy atom. The Morgan fingerprint density at radius 1 is 1.40 bits per heavy atom. The van der Waals surface area contributed by atoms with Crippen molar-refractivity contribution in [2.45, 2.75) is 19.3 Å². The molecular weight excluding hydrogens is 232 g/mol. The van der Waals surface area contributed by atoms with Gasteiger partial charge in [-0.3, -0.25) is 4.79 Å². The smallest absolute Gasteiger partial charge is 0.221 e. The fraction of sp³-hybridized carbons (Fsp3) is 0.900. The van der Waals surface area contributed by atoms with Gasteiger partial charge in [-0.15, -0.1) is 12.4 Å². The van der Waals surface area contributed by atoms with Crippen LogP contribution in [0.3, 0.4) is 0 Å². The molecule has 1 heterocycles. The predicted molar refractivity (Wildman–Crippen MR) is 68.9 cm³/mol. The Bertz CT molecular complexity index is 175. The van der Waals surface area contributed by atoms with Crippen LogP contribution in [0.4, 0.5) is 0 Å². The highest BCUT2D eigenvalue weighted by molar-refractivity contribution is 7.99. The number of carbonyl (C=O) groups excluding carboxylic acids is 1. The van der Waals surface area contributed by atoms with Crippen LogP contribution in [0.15, 0.2) is 0 Å². The van der Waals surface area contributed by atoms with Crippen LogP contribution in [0.25, 0.3) is 0 Å². The summed E-state index contributed by atoms with van der Waals surface area (Å²) < 4.78 is 0. The Morgan fingerprint density at radius 2 is 2.07 bits per heavy atom. The van der Waals surface area contributed by atoms with E-state index in [1.54, 1.807) is 0 Å². The Kier molecular flexibility index (Phi) is 9.35. The molecule has 1 fully saturated rings. The maximum atomic E-state index is 11.3. The van der Waals surface area contributed by atoms with E-state index in [0.29, 0.717) is 6.42 Å². The second kappa shape index (κ2) is 9.31. The summed E-state index contributed by atoms with van der Waals surface area (Å²) in [6, 6.07) is 0. The van der Waals surface area contributed by atoms with Crippen molar-refractivity contribution in [2.24, 2.45) is 5.92 Å². The van der Waals surface area contributed by atoms with Crippen LogP contribution in [0.1, 0.15) is 19.3 Å². The molecule has 0 unspecified atom stereocenters. The molecule has 3 nitrogen and oxygen atoms in total. The van der Waals surface area contributed by atoms with Gasteiger partial charge in [0, 0.05) is 19.5 Å². The minimum Gasteiger partial charge on any atom is -0.356 e. The van der Waals surface area contributed by atoms with E-state index in [-0.39, 0.29) is 18.3 Å². The first-order valence-electron chi connectivity index (χ1n) is 5.32. The summed E-state index contributed by atoms with van der Waals surface area (Å²) in [5.41, 5.74) is 0. The number of amides is 1. The summed E-state index contributed by atoms with van der Waals surface area (Å²) in [6.45, 7) is 1.65. The van der Waals surface area contributed by atoms with Gasteiger partial charge in [0.15, 0.2) is 0 Å². The number of hydrogen-bond acceptors (Lipinski definition) is 3. The molecule has 1 saturated heterocycles. The molecule has 1 aliphatic heterocycles. The monoisotopic (exact) mass is 252 g/mol. The molecule has 1 amide bonds. The van der Waals surface area contributed by atoms with Crippen LogP contribution in [-0.4, -0.2) is 37.6 Å². The highest BCUT2D eigenvalue weighted by Crippen LogP contribution is 2.21. The van der Waals surface area contributed by atoms with Crippen LogP contribution >= 0.6 is 24.2 Å². The van der Waals surface area contributed by atoms with Crippen molar-refractivity contribution >= 4 is 30.1 Å². The van der Waals surface area contributed by atoms with Gasteiger partial charge >= 0.3 is 0 Å². The first-order chi connectivity index (χ1) is 6.83. The summed E-state index contributed by atoms with van der Waals surface area (Å²) in [4.78, 5) is 11.3. The third kappa shape index (κ3) is 7.03. The zero-order chi connectivity index (χ0) is 10.2. The van der Waals surface area contributed by atoms with Gasteiger partial charge in [-0.2, -0.15) is 11.8 Å². The van der Waals surface area contributed by atoms with E-state index >= 15 is 0 Å². The molecule has 0 bridgehead atoms. The third-order valence-corrected chi connectivity index (χ3v) is 3.58. The molecule has 2 N–H and O–H groups in total. The lowest BCUT2D eigenvalue weighted by molar-refractivity contribution is -0.121. The van der Waals surface area contributed by atoms with Crippen molar-refractivity contribution in [1.82, 2.24) is 10.6 Å². The number of hydrogen-bond donors (Lipinski definition) is 2. The topological polar surface area (TPSA) is 41.1 Å². The van der Waals surface area contributed by atoms with E-state index in [2.05, 4.69) is 10.6 Å². The molecule has 1 aliphatic rings. The molecule has 0 atom stereocenters. The SMILES string of the molecule is CNCCC(=O)NCC1CCSCC1.Cl. The van der Waals surface area contributed by atoms with Crippen molar-refractivity contribution in [1.29, 1.82) is 0 Å². The van der Waals surface area contributed by atoms with Crippen LogP contribution in [0.5, 0.6) is 0 Å². The highest BCUT2D eigenvalue weighted by Gasteiger charge is 2.13. The van der Waals surface area contributed by atoms with Crippen LogP contribution in [-0.2, 0) is 4.79 Å². The van der Waals surface area contributed by atoms with E-state index in [9.17, 15) is 4.79 Å². The van der Waals surface area contributed by atoms with Gasteiger partial charge in [-0.25, -0.2) is 0 Å². The molecular formula is C10H21ClN2OS. The largest absolute Gasteiger partial charge is 0.356 e. The van der Waals surface area contributed by atoms with Gasteiger partial charge < -0.3 is 10.6 Å². The fourth-order valence-corrected chi connectivity index (χ4v) is 2.74. The van der Waals surface area contributed by atoms with E-state index in [1.165, 1.54) is 24.3 Å². The molecule has 15 heavy (non-hydrogen) atoms. The van der Waals surface area contributed by atoms with Gasteiger partial charge in [-0.1, -0.05) is 0 Å². The summed E-state index contributed by atoms with van der Waals surface area (Å²) in [5.74, 6) is 3.42. The van der Waals surface area contributed by atoms with E-state index in [1.807, 2.05) is 18.8 Å².